The van der Waals surface area contributed by atoms with E-state index in [2.05, 4.69) is 10.6 Å². The predicted molar refractivity (Wildman–Crippen MR) is 188 cm³/mol. The maximum absolute atomic E-state index is 14.4. The van der Waals surface area contributed by atoms with E-state index in [4.69, 9.17) is 9.47 Å². The van der Waals surface area contributed by atoms with Crippen LogP contribution in [0.3, 0.4) is 0 Å². The third-order valence-corrected chi connectivity index (χ3v) is 13.4. The second kappa shape index (κ2) is 15.3. The number of fused-ring (bicyclic) bond motifs is 3. The highest BCUT2D eigenvalue weighted by Crippen LogP contribution is 2.47. The molecule has 7 rings (SSSR count). The van der Waals surface area contributed by atoms with E-state index >= 15 is 0 Å². The number of hydrogen-bond acceptors (Lipinski definition) is 9. The van der Waals surface area contributed by atoms with Gasteiger partial charge in [0.2, 0.25) is 21.8 Å². The van der Waals surface area contributed by atoms with E-state index in [1.807, 2.05) is 10.8 Å². The average molecular weight is 794 g/mol. The molecule has 3 heterocycles. The molecule has 3 saturated carbocycles. The molecule has 300 valence electrons. The van der Waals surface area contributed by atoms with Gasteiger partial charge in [0.25, 0.3) is 11.8 Å². The number of hydrogen-bond donors (Lipinski definition) is 3. The summed E-state index contributed by atoms with van der Waals surface area (Å²) in [6, 6.07) is 2.11. The third kappa shape index (κ3) is 8.43. The number of allylic oxidation sites excluding steroid dienone is 1. The van der Waals surface area contributed by atoms with E-state index in [-0.39, 0.29) is 45.0 Å². The van der Waals surface area contributed by atoms with Crippen molar-refractivity contribution in [2.45, 2.75) is 138 Å². The van der Waals surface area contributed by atoms with E-state index in [0.29, 0.717) is 49.7 Å². The lowest BCUT2D eigenvalue weighted by Crippen LogP contribution is -2.59. The van der Waals surface area contributed by atoms with Gasteiger partial charge in [-0.05, 0) is 63.0 Å². The van der Waals surface area contributed by atoms with Crippen LogP contribution in [0.25, 0.3) is 0 Å². The fourth-order valence-electron chi connectivity index (χ4n) is 8.36. The summed E-state index contributed by atoms with van der Waals surface area (Å²) in [7, 11) is -4.50. The zero-order chi connectivity index (χ0) is 39.1. The van der Waals surface area contributed by atoms with E-state index in [1.165, 1.54) is 21.9 Å². The van der Waals surface area contributed by atoms with Crippen LogP contribution in [-0.2, 0) is 47.0 Å². The van der Waals surface area contributed by atoms with Gasteiger partial charge in [-0.1, -0.05) is 37.1 Å². The standard InChI is InChI=1S/C37H46F3N5O9S/c38-28-13-8-9-22-19-44(21-27(22)28)35(50)54-25-15-30-31(46)42-37(33(48)43-55(51,52)26-17-36(39,40)18-26)16-23(37)10-4-2-1-3-5-14-29(32(47)45(30)20-25)41-34(49)53-24-11-6-7-12-24/h4,8-10,13,23-26,29-30H,1-3,5-7,11-12,14-21H2,(H,41,49)(H,42,46)(H,43,48)/t23-,25-,29+,30?,37-/m1/s1. The first-order valence-corrected chi connectivity index (χ1v) is 20.6. The molecule has 4 fully saturated rings. The Hall–Kier alpha value is -4.35. The minimum atomic E-state index is -4.50. The highest BCUT2D eigenvalue weighted by Gasteiger charge is 2.63. The Bertz CT molecular complexity index is 1850. The fraction of sp³-hybridized carbons (Fsp3) is 0.649. The molecule has 5 amide bonds. The smallest absolute Gasteiger partial charge is 0.410 e. The number of amides is 5. The largest absolute Gasteiger partial charge is 0.446 e. The molecule has 55 heavy (non-hydrogen) atoms. The van der Waals surface area contributed by atoms with Crippen LogP contribution in [0.1, 0.15) is 94.6 Å². The molecule has 6 aliphatic rings. The van der Waals surface area contributed by atoms with Gasteiger partial charge in [-0.2, -0.15) is 0 Å². The van der Waals surface area contributed by atoms with Gasteiger partial charge < -0.3 is 25.0 Å². The van der Waals surface area contributed by atoms with Crippen LogP contribution < -0.4 is 15.4 Å². The molecule has 5 atom stereocenters. The van der Waals surface area contributed by atoms with Crippen LogP contribution in [0, 0.1) is 11.7 Å². The van der Waals surface area contributed by atoms with Crippen molar-refractivity contribution in [3.05, 3.63) is 47.3 Å². The van der Waals surface area contributed by atoms with Crippen molar-refractivity contribution in [2.75, 3.05) is 6.54 Å². The molecule has 0 spiro atoms. The first-order chi connectivity index (χ1) is 26.1. The summed E-state index contributed by atoms with van der Waals surface area (Å²) in [5, 5.41) is 3.90. The lowest BCUT2D eigenvalue weighted by molar-refractivity contribution is -0.141. The van der Waals surface area contributed by atoms with E-state index in [1.54, 1.807) is 12.1 Å². The Balaban J connectivity index is 1.12. The van der Waals surface area contributed by atoms with Crippen LogP contribution in [-0.4, -0.2) is 95.7 Å². The van der Waals surface area contributed by atoms with Crippen molar-refractivity contribution in [3.8, 4) is 0 Å². The normalized spacial score (nSPS) is 29.8. The van der Waals surface area contributed by atoms with Crippen molar-refractivity contribution in [1.29, 1.82) is 0 Å². The number of nitrogens with zero attached hydrogens (tertiary/aromatic N) is 2. The Kier molecular flexibility index (Phi) is 10.8. The van der Waals surface area contributed by atoms with Crippen molar-refractivity contribution in [3.63, 3.8) is 0 Å². The minimum Gasteiger partial charge on any atom is -0.446 e. The SMILES string of the molecule is O=C(N[C@H]1CCCCCC=C[C@@H]2C[C@@]2(C(=O)NS(=O)(=O)C2CC(F)(F)C2)NC(=O)C2C[C@@H](OC(=O)N3Cc4cccc(F)c4C3)CN2C1=O)OC1CCCC1. The van der Waals surface area contributed by atoms with Gasteiger partial charge in [0.15, 0.2) is 0 Å². The molecule has 1 saturated heterocycles. The molecule has 3 N–H and O–H groups in total. The Morgan fingerprint density at radius 1 is 0.927 bits per heavy atom. The van der Waals surface area contributed by atoms with Crippen LogP contribution >= 0.6 is 0 Å². The van der Waals surface area contributed by atoms with Crippen molar-refractivity contribution < 1.29 is 55.0 Å². The first-order valence-electron chi connectivity index (χ1n) is 19.1. The lowest BCUT2D eigenvalue weighted by Gasteiger charge is -2.34. The molecule has 0 bridgehead atoms. The minimum absolute atomic E-state index is 0.0137. The number of ether oxygens (including phenoxy) is 2. The average Bonchev–Trinajstić information content (AvgIpc) is 3.53. The van der Waals surface area contributed by atoms with Crippen LogP contribution in [0.4, 0.5) is 22.8 Å². The Labute approximate surface area is 316 Å². The first kappa shape index (κ1) is 38.9. The number of rotatable bonds is 6. The van der Waals surface area contributed by atoms with E-state index in [0.717, 1.165) is 12.8 Å². The summed E-state index contributed by atoms with van der Waals surface area (Å²) >= 11 is 0. The number of sulfonamides is 1. The zero-order valence-corrected chi connectivity index (χ0v) is 31.1. The maximum Gasteiger partial charge on any atom is 0.410 e. The van der Waals surface area contributed by atoms with Gasteiger partial charge in [-0.25, -0.2) is 31.2 Å². The fourth-order valence-corrected chi connectivity index (χ4v) is 9.89. The van der Waals surface area contributed by atoms with Gasteiger partial charge >= 0.3 is 12.2 Å². The number of benzene rings is 1. The second-order valence-corrected chi connectivity index (χ2v) is 17.7. The molecule has 18 heteroatoms. The Morgan fingerprint density at radius 3 is 2.40 bits per heavy atom. The summed E-state index contributed by atoms with van der Waals surface area (Å²) in [6.07, 6.45) is 4.61. The highest BCUT2D eigenvalue weighted by atomic mass is 32.2. The van der Waals surface area contributed by atoms with Gasteiger partial charge in [0.1, 0.15) is 35.6 Å². The van der Waals surface area contributed by atoms with Crippen LogP contribution in [0.15, 0.2) is 30.4 Å². The van der Waals surface area contributed by atoms with Gasteiger partial charge in [-0.3, -0.25) is 24.0 Å². The topological polar surface area (TPSA) is 181 Å². The summed E-state index contributed by atoms with van der Waals surface area (Å²) < 4.78 is 80.7. The molecule has 1 aromatic rings. The highest BCUT2D eigenvalue weighted by molar-refractivity contribution is 7.90. The van der Waals surface area contributed by atoms with Crippen molar-refractivity contribution in [2.24, 2.45) is 5.92 Å². The van der Waals surface area contributed by atoms with Crippen LogP contribution in [0.2, 0.25) is 0 Å². The number of carbonyl (C=O) groups is 5. The predicted octanol–water partition coefficient (Wildman–Crippen LogP) is 3.92. The van der Waals surface area contributed by atoms with E-state index in [9.17, 15) is 45.6 Å². The molecule has 14 nitrogen and oxygen atoms in total. The van der Waals surface area contributed by atoms with Crippen LogP contribution in [0.5, 0.6) is 0 Å². The molecule has 1 aromatic carbocycles. The Morgan fingerprint density at radius 2 is 1.67 bits per heavy atom. The lowest BCUT2D eigenvalue weighted by atomic mass is 9.94. The quantitative estimate of drug-likeness (QED) is 0.360. The molecule has 3 aliphatic heterocycles. The maximum atomic E-state index is 14.4. The molecular formula is C37H46F3N5O9S. The number of alkyl halides is 2. The molecule has 0 aromatic heterocycles. The summed E-state index contributed by atoms with van der Waals surface area (Å²) in [5.41, 5.74) is -0.783. The number of alkyl carbamates (subject to hydrolysis) is 1. The zero-order valence-electron chi connectivity index (χ0n) is 30.3. The molecular weight excluding hydrogens is 747 g/mol. The molecule has 0 radical (unpaired) electrons. The second-order valence-electron chi connectivity index (χ2n) is 15.7. The molecule has 3 aliphatic carbocycles. The monoisotopic (exact) mass is 793 g/mol. The number of halogens is 3. The summed E-state index contributed by atoms with van der Waals surface area (Å²) in [5.74, 6) is -6.79. The van der Waals surface area contributed by atoms with E-state index < -0.39 is 99.4 Å². The number of nitrogens with one attached hydrogen (secondary N) is 3. The number of carbonyl (C=O) groups excluding carboxylic acids is 5. The van der Waals surface area contributed by atoms with Gasteiger partial charge in [0, 0.05) is 37.3 Å². The van der Waals surface area contributed by atoms with Crippen molar-refractivity contribution in [1.82, 2.24) is 25.2 Å². The third-order valence-electron chi connectivity index (χ3n) is 11.7. The summed E-state index contributed by atoms with van der Waals surface area (Å²) in [4.78, 5) is 71.2. The van der Waals surface area contributed by atoms with Crippen molar-refractivity contribution >= 4 is 39.9 Å². The van der Waals surface area contributed by atoms with Gasteiger partial charge in [0.05, 0.1) is 18.3 Å². The van der Waals surface area contributed by atoms with Gasteiger partial charge in [-0.15, -0.1) is 0 Å². The summed E-state index contributed by atoms with van der Waals surface area (Å²) in [6.45, 7) is -0.197. The molecule has 1 unspecified atom stereocenters.